The Kier molecular flexibility index (Phi) is 6.59. The Labute approximate surface area is 150 Å². The van der Waals surface area contributed by atoms with Crippen molar-refractivity contribution in [3.63, 3.8) is 0 Å². The number of amides is 1. The average Bonchev–Trinajstić information content (AvgIpc) is 2.56. The molecule has 1 aromatic carbocycles. The van der Waals surface area contributed by atoms with Crippen LogP contribution < -0.4 is 0 Å². The standard InChI is InChI=1S/C20H30N2O3/c1-20(2,3)18(23)15-22-12-10-17(11-13-22)25-19(24)21(4)14-16-8-6-5-7-9-16/h5-9,17H,10-15H2,1-4H3. The Morgan fingerprint density at radius 1 is 1.16 bits per heavy atom. The van der Waals surface area contributed by atoms with Crippen LogP contribution in [0.25, 0.3) is 0 Å². The first-order chi connectivity index (χ1) is 11.8. The van der Waals surface area contributed by atoms with Crippen molar-refractivity contribution in [2.45, 2.75) is 46.3 Å². The van der Waals surface area contributed by atoms with Crippen molar-refractivity contribution < 1.29 is 14.3 Å². The third-order valence-corrected chi connectivity index (χ3v) is 4.58. The highest BCUT2D eigenvalue weighted by Crippen LogP contribution is 2.19. The fourth-order valence-electron chi connectivity index (χ4n) is 2.78. The summed E-state index contributed by atoms with van der Waals surface area (Å²) in [7, 11) is 1.76. The van der Waals surface area contributed by atoms with Gasteiger partial charge in [0.1, 0.15) is 6.10 Å². The van der Waals surface area contributed by atoms with Gasteiger partial charge < -0.3 is 9.64 Å². The normalized spacial score (nSPS) is 16.5. The number of ether oxygens (including phenoxy) is 1. The Morgan fingerprint density at radius 2 is 1.76 bits per heavy atom. The van der Waals surface area contributed by atoms with Gasteiger partial charge >= 0.3 is 6.09 Å². The van der Waals surface area contributed by atoms with E-state index in [9.17, 15) is 9.59 Å². The van der Waals surface area contributed by atoms with Crippen molar-refractivity contribution in [3.8, 4) is 0 Å². The van der Waals surface area contributed by atoms with Gasteiger partial charge in [0.25, 0.3) is 0 Å². The number of rotatable bonds is 5. The van der Waals surface area contributed by atoms with Crippen molar-refractivity contribution in [3.05, 3.63) is 35.9 Å². The molecule has 0 spiro atoms. The van der Waals surface area contributed by atoms with Gasteiger partial charge in [-0.2, -0.15) is 0 Å². The second-order valence-corrected chi connectivity index (χ2v) is 7.87. The van der Waals surface area contributed by atoms with E-state index in [1.807, 2.05) is 51.1 Å². The van der Waals surface area contributed by atoms with Crippen LogP contribution in [-0.4, -0.2) is 54.5 Å². The van der Waals surface area contributed by atoms with E-state index in [1.54, 1.807) is 11.9 Å². The zero-order chi connectivity index (χ0) is 18.4. The molecular weight excluding hydrogens is 316 g/mol. The van der Waals surface area contributed by atoms with Crippen LogP contribution in [0.15, 0.2) is 30.3 Å². The molecule has 0 atom stereocenters. The number of carbonyl (C=O) groups excluding carboxylic acids is 2. The van der Waals surface area contributed by atoms with E-state index in [0.717, 1.165) is 31.5 Å². The van der Waals surface area contributed by atoms with Crippen LogP contribution in [0.4, 0.5) is 4.79 Å². The molecule has 0 aliphatic carbocycles. The van der Waals surface area contributed by atoms with E-state index in [-0.39, 0.29) is 23.4 Å². The van der Waals surface area contributed by atoms with Gasteiger partial charge in [-0.25, -0.2) is 4.79 Å². The Bertz CT molecular complexity index is 572. The summed E-state index contributed by atoms with van der Waals surface area (Å²) >= 11 is 0. The molecule has 0 aromatic heterocycles. The number of carbonyl (C=O) groups is 2. The molecule has 0 unspecified atom stereocenters. The summed E-state index contributed by atoms with van der Waals surface area (Å²) in [5.41, 5.74) is 0.779. The number of hydrogen-bond donors (Lipinski definition) is 0. The van der Waals surface area contributed by atoms with Gasteiger partial charge in [0.2, 0.25) is 0 Å². The minimum Gasteiger partial charge on any atom is -0.446 e. The van der Waals surface area contributed by atoms with Crippen LogP contribution in [0.3, 0.4) is 0 Å². The molecule has 138 valence electrons. The van der Waals surface area contributed by atoms with Crippen molar-refractivity contribution in [2.75, 3.05) is 26.7 Å². The van der Waals surface area contributed by atoms with Crippen molar-refractivity contribution in [1.82, 2.24) is 9.80 Å². The minimum absolute atomic E-state index is 0.0632. The molecule has 25 heavy (non-hydrogen) atoms. The van der Waals surface area contributed by atoms with E-state index >= 15 is 0 Å². The first-order valence-electron chi connectivity index (χ1n) is 8.97. The molecule has 1 amide bonds. The summed E-state index contributed by atoms with van der Waals surface area (Å²) in [5, 5.41) is 0. The average molecular weight is 346 g/mol. The molecule has 1 heterocycles. The van der Waals surface area contributed by atoms with Crippen molar-refractivity contribution >= 4 is 11.9 Å². The lowest BCUT2D eigenvalue weighted by atomic mass is 9.90. The van der Waals surface area contributed by atoms with Gasteiger partial charge in [-0.15, -0.1) is 0 Å². The van der Waals surface area contributed by atoms with Crippen LogP contribution in [-0.2, 0) is 16.1 Å². The molecule has 1 fully saturated rings. The van der Waals surface area contributed by atoms with Gasteiger partial charge in [0.05, 0.1) is 6.54 Å². The molecule has 1 saturated heterocycles. The molecule has 0 bridgehead atoms. The predicted octanol–water partition coefficient (Wildman–Crippen LogP) is 3.33. The fraction of sp³-hybridized carbons (Fsp3) is 0.600. The summed E-state index contributed by atoms with van der Waals surface area (Å²) in [6.07, 6.45) is 1.21. The van der Waals surface area contributed by atoms with E-state index < -0.39 is 0 Å². The summed E-state index contributed by atoms with van der Waals surface area (Å²) in [4.78, 5) is 28.1. The molecule has 5 heteroatoms. The maximum atomic E-state index is 12.2. The number of Topliss-reactive ketones (excluding diaryl/α,β-unsaturated/α-hetero) is 1. The molecule has 1 aromatic rings. The second kappa shape index (κ2) is 8.48. The highest BCUT2D eigenvalue weighted by atomic mass is 16.6. The molecular formula is C20H30N2O3. The first-order valence-corrected chi connectivity index (χ1v) is 8.97. The maximum Gasteiger partial charge on any atom is 0.410 e. The van der Waals surface area contributed by atoms with Gasteiger partial charge in [0, 0.05) is 32.1 Å². The highest BCUT2D eigenvalue weighted by Gasteiger charge is 2.28. The summed E-state index contributed by atoms with van der Waals surface area (Å²) in [5.74, 6) is 0.255. The van der Waals surface area contributed by atoms with E-state index in [2.05, 4.69) is 4.90 Å². The fourth-order valence-corrected chi connectivity index (χ4v) is 2.78. The molecule has 1 aliphatic rings. The van der Waals surface area contributed by atoms with Gasteiger partial charge in [0.15, 0.2) is 5.78 Å². The molecule has 2 rings (SSSR count). The number of likely N-dealkylation sites (tertiary alicyclic amines) is 1. The van der Waals surface area contributed by atoms with Gasteiger partial charge in [-0.05, 0) is 18.4 Å². The second-order valence-electron chi connectivity index (χ2n) is 7.87. The monoisotopic (exact) mass is 346 g/mol. The van der Waals surface area contributed by atoms with Gasteiger partial charge in [-0.1, -0.05) is 51.1 Å². The minimum atomic E-state index is -0.302. The SMILES string of the molecule is CN(Cc1ccccc1)C(=O)OC1CCN(CC(=O)C(C)(C)C)CC1. The largest absolute Gasteiger partial charge is 0.446 e. The zero-order valence-electron chi connectivity index (χ0n) is 15.8. The number of ketones is 1. The van der Waals surface area contributed by atoms with Crippen LogP contribution in [0.2, 0.25) is 0 Å². The molecule has 1 aliphatic heterocycles. The van der Waals surface area contributed by atoms with E-state index in [4.69, 9.17) is 4.74 Å². The summed E-state index contributed by atoms with van der Waals surface area (Å²) < 4.78 is 5.62. The van der Waals surface area contributed by atoms with E-state index in [0.29, 0.717) is 13.1 Å². The summed E-state index contributed by atoms with van der Waals surface area (Å²) in [6.45, 7) is 8.46. The third kappa shape index (κ3) is 6.16. The number of piperidine rings is 1. The van der Waals surface area contributed by atoms with Crippen LogP contribution in [0, 0.1) is 5.41 Å². The number of benzene rings is 1. The maximum absolute atomic E-state index is 12.2. The lowest BCUT2D eigenvalue weighted by molar-refractivity contribution is -0.128. The molecule has 0 radical (unpaired) electrons. The quantitative estimate of drug-likeness (QED) is 0.820. The van der Waals surface area contributed by atoms with Crippen LogP contribution >= 0.6 is 0 Å². The Balaban J connectivity index is 1.74. The zero-order valence-corrected chi connectivity index (χ0v) is 15.8. The predicted molar refractivity (Wildman–Crippen MR) is 98.3 cm³/mol. The van der Waals surface area contributed by atoms with Crippen molar-refractivity contribution in [1.29, 1.82) is 0 Å². The third-order valence-electron chi connectivity index (χ3n) is 4.58. The number of nitrogens with zero attached hydrogens (tertiary/aromatic N) is 2. The Hall–Kier alpha value is -1.88. The lowest BCUT2D eigenvalue weighted by Gasteiger charge is -2.33. The number of hydrogen-bond acceptors (Lipinski definition) is 4. The van der Waals surface area contributed by atoms with Crippen LogP contribution in [0.5, 0.6) is 0 Å². The van der Waals surface area contributed by atoms with Crippen molar-refractivity contribution in [2.24, 2.45) is 5.41 Å². The summed E-state index contributed by atoms with van der Waals surface area (Å²) in [6, 6.07) is 9.87. The Morgan fingerprint density at radius 3 is 2.32 bits per heavy atom. The van der Waals surface area contributed by atoms with E-state index in [1.165, 1.54) is 0 Å². The highest BCUT2D eigenvalue weighted by molar-refractivity contribution is 5.85. The first kappa shape index (κ1) is 19.4. The van der Waals surface area contributed by atoms with Crippen LogP contribution in [0.1, 0.15) is 39.2 Å². The van der Waals surface area contributed by atoms with Gasteiger partial charge in [-0.3, -0.25) is 9.69 Å². The lowest BCUT2D eigenvalue weighted by Crippen LogP contribution is -2.43. The molecule has 0 N–H and O–H groups in total. The smallest absolute Gasteiger partial charge is 0.410 e. The molecule has 0 saturated carbocycles. The topological polar surface area (TPSA) is 49.9 Å². The molecule has 5 nitrogen and oxygen atoms in total.